The van der Waals surface area contributed by atoms with Crippen LogP contribution in [-0.2, 0) is 13.2 Å². The van der Waals surface area contributed by atoms with Crippen LogP contribution in [0.2, 0.25) is 10.0 Å². The maximum Gasteiger partial charge on any atom is 0.119 e. The smallest absolute Gasteiger partial charge is 0.119 e. The van der Waals surface area contributed by atoms with Crippen molar-refractivity contribution in [1.82, 2.24) is 5.32 Å². The van der Waals surface area contributed by atoms with Gasteiger partial charge in [-0.2, -0.15) is 0 Å². The Morgan fingerprint density at radius 1 is 1.00 bits per heavy atom. The molecule has 0 saturated heterocycles. The maximum absolute atomic E-state index is 6.17. The van der Waals surface area contributed by atoms with Gasteiger partial charge in [0.15, 0.2) is 0 Å². The molecule has 5 heteroatoms. The number of hydrogen-bond donors (Lipinski definition) is 1. The SMILES string of the molecule is Cl.Clc1ccc(COc2ccc(CNCCC3=CCCCC3)cc2)c(Cl)c1. The molecule has 0 atom stereocenters. The van der Waals surface area contributed by atoms with Crippen LogP contribution < -0.4 is 10.1 Å². The summed E-state index contributed by atoms with van der Waals surface area (Å²) in [7, 11) is 0. The summed E-state index contributed by atoms with van der Waals surface area (Å²) < 4.78 is 5.82. The van der Waals surface area contributed by atoms with Gasteiger partial charge in [0.2, 0.25) is 0 Å². The molecule has 2 aromatic carbocycles. The van der Waals surface area contributed by atoms with Gasteiger partial charge >= 0.3 is 0 Å². The van der Waals surface area contributed by atoms with Crippen molar-refractivity contribution in [2.24, 2.45) is 0 Å². The van der Waals surface area contributed by atoms with Crippen molar-refractivity contribution >= 4 is 35.6 Å². The van der Waals surface area contributed by atoms with Gasteiger partial charge in [-0.25, -0.2) is 0 Å². The van der Waals surface area contributed by atoms with Crippen LogP contribution in [0.5, 0.6) is 5.75 Å². The fourth-order valence-corrected chi connectivity index (χ4v) is 3.58. The van der Waals surface area contributed by atoms with E-state index in [0.29, 0.717) is 16.7 Å². The minimum atomic E-state index is 0. The second-order valence-electron chi connectivity index (χ2n) is 6.70. The molecular formula is C22H26Cl3NO. The van der Waals surface area contributed by atoms with E-state index in [1.54, 1.807) is 11.6 Å². The summed E-state index contributed by atoms with van der Waals surface area (Å²) in [5, 5.41) is 4.79. The van der Waals surface area contributed by atoms with E-state index in [2.05, 4.69) is 23.5 Å². The summed E-state index contributed by atoms with van der Waals surface area (Å²) >= 11 is 12.1. The molecule has 0 radical (unpaired) electrons. The third kappa shape index (κ3) is 7.38. The Balaban J connectivity index is 0.00000261. The van der Waals surface area contributed by atoms with E-state index in [1.165, 1.54) is 37.7 Å². The summed E-state index contributed by atoms with van der Waals surface area (Å²) in [6.07, 6.45) is 8.85. The predicted octanol–water partition coefficient (Wildman–Crippen LogP) is 6.97. The molecule has 1 aliphatic carbocycles. The number of benzene rings is 2. The van der Waals surface area contributed by atoms with Gasteiger partial charge in [0, 0.05) is 22.2 Å². The topological polar surface area (TPSA) is 21.3 Å². The van der Waals surface area contributed by atoms with E-state index < -0.39 is 0 Å². The van der Waals surface area contributed by atoms with Gasteiger partial charge in [-0.15, -0.1) is 12.4 Å². The van der Waals surface area contributed by atoms with Crippen molar-refractivity contribution in [2.75, 3.05) is 6.54 Å². The van der Waals surface area contributed by atoms with Crippen molar-refractivity contribution < 1.29 is 4.74 Å². The molecule has 2 aromatic rings. The van der Waals surface area contributed by atoms with Gasteiger partial charge in [0.25, 0.3) is 0 Å². The molecule has 0 unspecified atom stereocenters. The molecule has 0 bridgehead atoms. The first-order chi connectivity index (χ1) is 12.7. The molecule has 146 valence electrons. The minimum absolute atomic E-state index is 0. The van der Waals surface area contributed by atoms with Crippen LogP contribution in [0.3, 0.4) is 0 Å². The molecule has 0 heterocycles. The highest BCUT2D eigenvalue weighted by molar-refractivity contribution is 6.35. The molecule has 1 N–H and O–H groups in total. The van der Waals surface area contributed by atoms with Gasteiger partial charge in [0.05, 0.1) is 0 Å². The van der Waals surface area contributed by atoms with Gasteiger partial charge in [-0.05, 0) is 68.5 Å². The maximum atomic E-state index is 6.17. The van der Waals surface area contributed by atoms with E-state index in [1.807, 2.05) is 24.3 Å². The van der Waals surface area contributed by atoms with E-state index in [0.717, 1.165) is 24.4 Å². The van der Waals surface area contributed by atoms with Crippen LogP contribution in [0.1, 0.15) is 43.2 Å². The zero-order chi connectivity index (χ0) is 18.2. The highest BCUT2D eigenvalue weighted by Crippen LogP contribution is 2.23. The summed E-state index contributed by atoms with van der Waals surface area (Å²) in [5.74, 6) is 0.840. The Kier molecular flexibility index (Phi) is 9.50. The third-order valence-corrected chi connectivity index (χ3v) is 5.26. The van der Waals surface area contributed by atoms with Crippen LogP contribution in [0.4, 0.5) is 0 Å². The molecule has 0 amide bonds. The number of halogens is 3. The lowest BCUT2D eigenvalue weighted by molar-refractivity contribution is 0.306. The van der Waals surface area contributed by atoms with Crippen LogP contribution in [0.15, 0.2) is 54.1 Å². The average Bonchev–Trinajstić information content (AvgIpc) is 2.66. The molecule has 2 nitrogen and oxygen atoms in total. The second-order valence-corrected chi connectivity index (χ2v) is 7.55. The van der Waals surface area contributed by atoms with Crippen molar-refractivity contribution in [3.05, 3.63) is 75.3 Å². The highest BCUT2D eigenvalue weighted by atomic mass is 35.5. The third-order valence-electron chi connectivity index (χ3n) is 4.67. The quantitative estimate of drug-likeness (QED) is 0.363. The van der Waals surface area contributed by atoms with E-state index in [-0.39, 0.29) is 12.4 Å². The van der Waals surface area contributed by atoms with Gasteiger partial charge in [-0.3, -0.25) is 0 Å². The summed E-state index contributed by atoms with van der Waals surface area (Å²) in [5.41, 5.74) is 3.81. The van der Waals surface area contributed by atoms with Gasteiger partial charge in [0.1, 0.15) is 12.4 Å². The summed E-state index contributed by atoms with van der Waals surface area (Å²) in [6, 6.07) is 13.7. The minimum Gasteiger partial charge on any atom is -0.489 e. The number of nitrogens with one attached hydrogen (secondary N) is 1. The lowest BCUT2D eigenvalue weighted by Gasteiger charge is -2.13. The summed E-state index contributed by atoms with van der Waals surface area (Å²) in [6.45, 7) is 2.36. The predicted molar refractivity (Wildman–Crippen MR) is 117 cm³/mol. The van der Waals surface area contributed by atoms with Crippen molar-refractivity contribution in [3.63, 3.8) is 0 Å². The number of allylic oxidation sites excluding steroid dienone is 1. The number of ether oxygens (including phenoxy) is 1. The van der Waals surface area contributed by atoms with E-state index in [9.17, 15) is 0 Å². The second kappa shape index (κ2) is 11.6. The van der Waals surface area contributed by atoms with Crippen molar-refractivity contribution in [2.45, 2.75) is 45.3 Å². The van der Waals surface area contributed by atoms with Crippen LogP contribution >= 0.6 is 35.6 Å². The Morgan fingerprint density at radius 3 is 2.52 bits per heavy atom. The summed E-state index contributed by atoms with van der Waals surface area (Å²) in [4.78, 5) is 0. The molecule has 27 heavy (non-hydrogen) atoms. The molecule has 0 fully saturated rings. The van der Waals surface area contributed by atoms with Gasteiger partial charge < -0.3 is 10.1 Å². The first kappa shape index (κ1) is 22.1. The zero-order valence-electron chi connectivity index (χ0n) is 15.3. The van der Waals surface area contributed by atoms with Crippen LogP contribution in [0, 0.1) is 0 Å². The van der Waals surface area contributed by atoms with Crippen molar-refractivity contribution in [1.29, 1.82) is 0 Å². The first-order valence-electron chi connectivity index (χ1n) is 9.25. The highest BCUT2D eigenvalue weighted by Gasteiger charge is 2.04. The molecule has 0 aromatic heterocycles. The standard InChI is InChI=1S/C22H25Cl2NO.ClH/c23-20-9-8-19(22(24)14-20)16-26-21-10-6-18(7-11-21)15-25-13-12-17-4-2-1-3-5-17;/h4,6-11,14,25H,1-3,5,12-13,15-16H2;1H. The Hall–Kier alpha value is -1.19. The molecule has 3 rings (SSSR count). The molecule has 1 aliphatic rings. The molecule has 0 spiro atoms. The van der Waals surface area contributed by atoms with Crippen LogP contribution in [0.25, 0.3) is 0 Å². The Bertz CT molecular complexity index is 744. The number of rotatable bonds is 8. The van der Waals surface area contributed by atoms with Crippen LogP contribution in [-0.4, -0.2) is 6.54 Å². The van der Waals surface area contributed by atoms with E-state index >= 15 is 0 Å². The average molecular weight is 427 g/mol. The largest absolute Gasteiger partial charge is 0.489 e. The molecular weight excluding hydrogens is 401 g/mol. The Labute approximate surface area is 178 Å². The molecule has 0 saturated carbocycles. The lowest BCUT2D eigenvalue weighted by Crippen LogP contribution is -2.15. The lowest BCUT2D eigenvalue weighted by atomic mass is 9.97. The van der Waals surface area contributed by atoms with E-state index in [4.69, 9.17) is 27.9 Å². The normalized spacial score (nSPS) is 13.6. The Morgan fingerprint density at radius 2 is 1.81 bits per heavy atom. The van der Waals surface area contributed by atoms with Crippen molar-refractivity contribution in [3.8, 4) is 5.75 Å². The fraction of sp³-hybridized carbons (Fsp3) is 0.364. The molecule has 0 aliphatic heterocycles. The zero-order valence-corrected chi connectivity index (χ0v) is 17.7. The first-order valence-corrected chi connectivity index (χ1v) is 10.0. The van der Waals surface area contributed by atoms with Gasteiger partial charge in [-0.1, -0.05) is 53.1 Å². The fourth-order valence-electron chi connectivity index (χ4n) is 3.12. The number of hydrogen-bond acceptors (Lipinski definition) is 2. The monoisotopic (exact) mass is 425 g/mol.